The second-order valence-electron chi connectivity index (χ2n) is 7.52. The second kappa shape index (κ2) is 19.0. The zero-order chi connectivity index (χ0) is 27.5. The van der Waals surface area contributed by atoms with Crippen LogP contribution in [0.1, 0.15) is 66.2 Å². The van der Waals surface area contributed by atoms with Crippen molar-refractivity contribution in [3.63, 3.8) is 0 Å². The van der Waals surface area contributed by atoms with Gasteiger partial charge in [-0.3, -0.25) is 19.2 Å². The summed E-state index contributed by atoms with van der Waals surface area (Å²) in [4.78, 5) is 72.3. The number of nitrogens with two attached hydrogens (primary N) is 1. The van der Waals surface area contributed by atoms with Gasteiger partial charge in [-0.05, 0) is 47.0 Å². The molecule has 13 heteroatoms. The number of hydrogen-bond donors (Lipinski definition) is 3. The van der Waals surface area contributed by atoms with Crippen LogP contribution in [0.15, 0.2) is 0 Å². The smallest absolute Gasteiger partial charge is 0.328 e. The molecule has 206 valence electrons. The van der Waals surface area contributed by atoms with E-state index in [2.05, 4.69) is 10.6 Å². The maximum atomic E-state index is 12.5. The van der Waals surface area contributed by atoms with Crippen molar-refractivity contribution in [2.75, 3.05) is 26.4 Å². The van der Waals surface area contributed by atoms with Crippen LogP contribution in [0.3, 0.4) is 0 Å². The molecule has 0 rings (SSSR count). The molecule has 3 atom stereocenters. The van der Waals surface area contributed by atoms with Crippen molar-refractivity contribution < 1.29 is 47.7 Å². The van der Waals surface area contributed by atoms with E-state index < -0.39 is 53.8 Å². The molecule has 0 saturated heterocycles. The van der Waals surface area contributed by atoms with Gasteiger partial charge in [0, 0.05) is 19.3 Å². The summed E-state index contributed by atoms with van der Waals surface area (Å²) in [6.07, 6.45) is -0.581. The minimum atomic E-state index is -1.16. The Morgan fingerprint density at radius 3 is 1.44 bits per heavy atom. The van der Waals surface area contributed by atoms with Crippen molar-refractivity contribution in [1.29, 1.82) is 0 Å². The molecule has 2 amide bonds. The number of rotatable bonds is 18. The van der Waals surface area contributed by atoms with Gasteiger partial charge in [-0.25, -0.2) is 9.59 Å². The monoisotopic (exact) mass is 517 g/mol. The molecule has 0 aromatic carbocycles. The Balaban J connectivity index is 4.90. The number of nitrogens with one attached hydrogen (secondary N) is 2. The highest BCUT2D eigenvalue weighted by Crippen LogP contribution is 2.06. The van der Waals surface area contributed by atoms with Crippen LogP contribution in [-0.4, -0.2) is 80.2 Å². The fraction of sp³-hybridized carbons (Fsp3) is 0.739. The maximum Gasteiger partial charge on any atom is 0.328 e. The van der Waals surface area contributed by atoms with Gasteiger partial charge in [0.05, 0.1) is 32.5 Å². The Morgan fingerprint density at radius 1 is 0.611 bits per heavy atom. The van der Waals surface area contributed by atoms with Crippen molar-refractivity contribution in [2.24, 2.45) is 5.73 Å². The van der Waals surface area contributed by atoms with Crippen LogP contribution in [0.4, 0.5) is 0 Å². The largest absolute Gasteiger partial charge is 0.466 e. The average Bonchev–Trinajstić information content (AvgIpc) is 2.83. The second-order valence-corrected chi connectivity index (χ2v) is 7.52. The fourth-order valence-corrected chi connectivity index (χ4v) is 2.94. The first kappa shape index (κ1) is 32.8. The quantitative estimate of drug-likeness (QED) is 0.162. The van der Waals surface area contributed by atoms with Gasteiger partial charge in [0.2, 0.25) is 11.8 Å². The van der Waals surface area contributed by atoms with E-state index in [1.54, 1.807) is 27.7 Å². The molecule has 0 bridgehead atoms. The molecule has 3 unspecified atom stereocenters. The van der Waals surface area contributed by atoms with Crippen molar-refractivity contribution in [1.82, 2.24) is 10.6 Å². The fourth-order valence-electron chi connectivity index (χ4n) is 2.94. The molecular weight excluding hydrogens is 478 g/mol. The van der Waals surface area contributed by atoms with Gasteiger partial charge < -0.3 is 35.3 Å². The normalized spacial score (nSPS) is 12.9. The van der Waals surface area contributed by atoms with Crippen LogP contribution in [0.5, 0.6) is 0 Å². The van der Waals surface area contributed by atoms with Crippen LogP contribution < -0.4 is 16.4 Å². The number of carbonyl (C=O) groups excluding carboxylic acids is 6. The lowest BCUT2D eigenvalue weighted by atomic mass is 10.1. The molecule has 4 N–H and O–H groups in total. The Hall–Kier alpha value is -3.22. The van der Waals surface area contributed by atoms with E-state index in [1.807, 2.05) is 0 Å². The molecule has 0 spiro atoms. The van der Waals surface area contributed by atoms with Gasteiger partial charge in [-0.1, -0.05) is 0 Å². The first-order valence-electron chi connectivity index (χ1n) is 12.1. The lowest BCUT2D eigenvalue weighted by Gasteiger charge is -2.20. The van der Waals surface area contributed by atoms with E-state index in [4.69, 9.17) is 24.7 Å². The molecule has 13 nitrogen and oxygen atoms in total. The van der Waals surface area contributed by atoms with Gasteiger partial charge >= 0.3 is 23.9 Å². The average molecular weight is 518 g/mol. The maximum absolute atomic E-state index is 12.5. The van der Waals surface area contributed by atoms with Crippen molar-refractivity contribution in [3.05, 3.63) is 0 Å². The Labute approximate surface area is 211 Å². The number of carbonyl (C=O) groups is 6. The predicted molar refractivity (Wildman–Crippen MR) is 126 cm³/mol. The van der Waals surface area contributed by atoms with Crippen LogP contribution in [-0.2, 0) is 47.7 Å². The Morgan fingerprint density at radius 2 is 1.03 bits per heavy atom. The highest BCUT2D eigenvalue weighted by molar-refractivity contribution is 5.89. The van der Waals surface area contributed by atoms with E-state index in [-0.39, 0.29) is 65.0 Å². The number of hydrogen-bond acceptors (Lipinski definition) is 11. The van der Waals surface area contributed by atoms with E-state index >= 15 is 0 Å². The van der Waals surface area contributed by atoms with Gasteiger partial charge in [0.1, 0.15) is 12.1 Å². The summed E-state index contributed by atoms with van der Waals surface area (Å²) in [6, 6.07) is -3.34. The molecule has 0 heterocycles. The molecular formula is C23H39N3O10. The lowest BCUT2D eigenvalue weighted by molar-refractivity contribution is -0.149. The number of amides is 2. The summed E-state index contributed by atoms with van der Waals surface area (Å²) in [6.45, 7) is 7.04. The standard InChI is InChI=1S/C23H39N3O10/c1-5-33-19(28)13-10-16(22(31)35-7-3)25-18(27)12-9-15(24)21(30)26-17(23(32)36-8-4)11-14-20(29)34-6-2/h15-17H,5-14,24H2,1-4H3,(H,25,27)(H,26,30). The summed E-state index contributed by atoms with van der Waals surface area (Å²) in [5.41, 5.74) is 5.87. The zero-order valence-electron chi connectivity index (χ0n) is 21.5. The molecule has 0 aromatic rings. The third kappa shape index (κ3) is 14.2. The predicted octanol–water partition coefficient (Wildman–Crippen LogP) is -0.124. The van der Waals surface area contributed by atoms with Crippen LogP contribution >= 0.6 is 0 Å². The van der Waals surface area contributed by atoms with Crippen molar-refractivity contribution >= 4 is 35.7 Å². The Bertz CT molecular complexity index is 744. The van der Waals surface area contributed by atoms with Crippen LogP contribution in [0.25, 0.3) is 0 Å². The minimum absolute atomic E-state index is 0.0162. The molecule has 0 saturated carbocycles. The number of ether oxygens (including phenoxy) is 4. The summed E-state index contributed by atoms with van der Waals surface area (Å²) in [5.74, 6) is -3.76. The van der Waals surface area contributed by atoms with Gasteiger partial charge in [0.15, 0.2) is 0 Å². The van der Waals surface area contributed by atoms with E-state index in [1.165, 1.54) is 0 Å². The van der Waals surface area contributed by atoms with Gasteiger partial charge in [0.25, 0.3) is 0 Å². The van der Waals surface area contributed by atoms with Crippen LogP contribution in [0, 0.1) is 0 Å². The summed E-state index contributed by atoms with van der Waals surface area (Å²) in [7, 11) is 0. The highest BCUT2D eigenvalue weighted by Gasteiger charge is 2.27. The van der Waals surface area contributed by atoms with E-state index in [9.17, 15) is 28.8 Å². The lowest BCUT2D eigenvalue weighted by Crippen LogP contribution is -2.49. The SMILES string of the molecule is CCOC(=O)CCC(NC(=O)CCC(N)C(=O)NC(CCC(=O)OCC)C(=O)OCC)C(=O)OCC. The third-order valence-electron chi connectivity index (χ3n) is 4.70. The highest BCUT2D eigenvalue weighted by atomic mass is 16.5. The molecule has 0 aliphatic rings. The summed E-state index contributed by atoms with van der Waals surface area (Å²) in [5, 5.41) is 4.92. The third-order valence-corrected chi connectivity index (χ3v) is 4.70. The Kier molecular flexibility index (Phi) is 17.3. The summed E-state index contributed by atoms with van der Waals surface area (Å²) >= 11 is 0. The van der Waals surface area contributed by atoms with Gasteiger partial charge in [-0.15, -0.1) is 0 Å². The molecule has 0 aromatic heterocycles. The molecule has 0 aliphatic carbocycles. The minimum Gasteiger partial charge on any atom is -0.466 e. The topological polar surface area (TPSA) is 189 Å². The first-order chi connectivity index (χ1) is 17.1. The molecule has 0 fully saturated rings. The van der Waals surface area contributed by atoms with E-state index in [0.717, 1.165) is 0 Å². The first-order valence-corrected chi connectivity index (χ1v) is 12.1. The van der Waals surface area contributed by atoms with Crippen LogP contribution in [0.2, 0.25) is 0 Å². The van der Waals surface area contributed by atoms with E-state index in [0.29, 0.717) is 0 Å². The molecule has 36 heavy (non-hydrogen) atoms. The summed E-state index contributed by atoms with van der Waals surface area (Å²) < 4.78 is 19.5. The van der Waals surface area contributed by atoms with Crippen molar-refractivity contribution in [3.8, 4) is 0 Å². The molecule has 0 aliphatic heterocycles. The zero-order valence-corrected chi connectivity index (χ0v) is 21.5. The van der Waals surface area contributed by atoms with Crippen molar-refractivity contribution in [2.45, 2.75) is 84.3 Å². The molecule has 0 radical (unpaired) electrons. The number of esters is 4. The van der Waals surface area contributed by atoms with Gasteiger partial charge in [-0.2, -0.15) is 0 Å².